The van der Waals surface area contributed by atoms with Crippen molar-refractivity contribution in [3.8, 4) is 0 Å². The Hall–Kier alpha value is -0.460. The fourth-order valence-electron chi connectivity index (χ4n) is 0.193. The van der Waals surface area contributed by atoms with Crippen molar-refractivity contribution < 1.29 is 18.3 Å². The molecule has 0 radical (unpaired) electrons. The molecule has 0 saturated heterocycles. The van der Waals surface area contributed by atoms with Gasteiger partial charge in [-0.25, -0.2) is 8.93 Å². The van der Waals surface area contributed by atoms with Gasteiger partial charge in [-0.05, 0) is 0 Å². The highest BCUT2D eigenvalue weighted by atomic mass is 32.2. The number of hydrogen-bond donors (Lipinski definition) is 2. The molecule has 0 aromatic rings. The van der Waals surface area contributed by atoms with Gasteiger partial charge >= 0.3 is 5.97 Å². The van der Waals surface area contributed by atoms with Gasteiger partial charge in [-0.2, -0.15) is 0 Å². The summed E-state index contributed by atoms with van der Waals surface area (Å²) in [6.45, 7) is -0.250. The van der Waals surface area contributed by atoms with E-state index in [0.717, 1.165) is 0 Å². The van der Waals surface area contributed by atoms with Crippen molar-refractivity contribution in [1.29, 1.82) is 0 Å². The standard InChI is InChI=1S/C3H7NO4S/c1-8-3(5)2-4-9(6)7/h4H,2H2,1H3,(H,6,7). The van der Waals surface area contributed by atoms with E-state index in [4.69, 9.17) is 4.55 Å². The maximum absolute atomic E-state index is 10.2. The molecule has 2 N–H and O–H groups in total. The van der Waals surface area contributed by atoms with E-state index in [1.54, 1.807) is 0 Å². The SMILES string of the molecule is COC(=O)CNS(=O)O. The smallest absolute Gasteiger partial charge is 0.320 e. The summed E-state index contributed by atoms with van der Waals surface area (Å²) >= 11 is -2.14. The molecule has 0 heterocycles. The van der Waals surface area contributed by atoms with Crippen LogP contribution in [0.2, 0.25) is 0 Å². The van der Waals surface area contributed by atoms with Gasteiger partial charge in [0.1, 0.15) is 6.54 Å². The van der Waals surface area contributed by atoms with Gasteiger partial charge in [0.15, 0.2) is 0 Å². The maximum atomic E-state index is 10.2. The van der Waals surface area contributed by atoms with Crippen molar-refractivity contribution in [2.24, 2.45) is 0 Å². The minimum Gasteiger partial charge on any atom is -0.468 e. The molecule has 0 bridgehead atoms. The Kier molecular flexibility index (Phi) is 4.20. The van der Waals surface area contributed by atoms with Gasteiger partial charge in [-0.15, -0.1) is 0 Å². The number of ether oxygens (including phenoxy) is 1. The minimum atomic E-state index is -2.14. The minimum absolute atomic E-state index is 0.250. The van der Waals surface area contributed by atoms with Crippen molar-refractivity contribution in [2.75, 3.05) is 13.7 Å². The average molecular weight is 153 g/mol. The Labute approximate surface area is 54.8 Å². The Morgan fingerprint density at radius 2 is 2.44 bits per heavy atom. The van der Waals surface area contributed by atoms with Gasteiger partial charge in [0.25, 0.3) is 0 Å². The normalized spacial score (nSPS) is 12.7. The Bertz CT molecular complexity index is 125. The molecular weight excluding hydrogens is 146 g/mol. The molecule has 6 heteroatoms. The summed E-state index contributed by atoms with van der Waals surface area (Å²) < 4.78 is 24.0. The van der Waals surface area contributed by atoms with E-state index >= 15 is 0 Å². The summed E-state index contributed by atoms with van der Waals surface area (Å²) in [6.07, 6.45) is 0. The van der Waals surface area contributed by atoms with Crippen molar-refractivity contribution in [1.82, 2.24) is 4.72 Å². The number of carbonyl (C=O) groups is 1. The van der Waals surface area contributed by atoms with E-state index in [2.05, 4.69) is 4.74 Å². The summed E-state index contributed by atoms with van der Waals surface area (Å²) in [7, 11) is 1.20. The topological polar surface area (TPSA) is 75.6 Å². The average Bonchev–Trinajstić information content (AvgIpc) is 1.83. The van der Waals surface area contributed by atoms with Crippen LogP contribution in [-0.4, -0.2) is 28.4 Å². The summed E-state index contributed by atoms with van der Waals surface area (Å²) in [5.41, 5.74) is 0. The highest BCUT2D eigenvalue weighted by Gasteiger charge is 1.99. The van der Waals surface area contributed by atoms with Gasteiger partial charge in [0.2, 0.25) is 11.3 Å². The van der Waals surface area contributed by atoms with Gasteiger partial charge in [0, 0.05) is 0 Å². The molecule has 1 atom stereocenters. The monoisotopic (exact) mass is 153 g/mol. The molecular formula is C3H7NO4S. The summed E-state index contributed by atoms with van der Waals surface area (Å²) in [6, 6.07) is 0. The van der Waals surface area contributed by atoms with E-state index < -0.39 is 17.2 Å². The van der Waals surface area contributed by atoms with Crippen molar-refractivity contribution >= 4 is 17.2 Å². The molecule has 0 aliphatic heterocycles. The van der Waals surface area contributed by atoms with Crippen LogP contribution < -0.4 is 4.72 Å². The Morgan fingerprint density at radius 1 is 1.89 bits per heavy atom. The zero-order chi connectivity index (χ0) is 7.28. The van der Waals surface area contributed by atoms with Crippen LogP contribution in [0.15, 0.2) is 0 Å². The molecule has 1 unspecified atom stereocenters. The fraction of sp³-hybridized carbons (Fsp3) is 0.667. The van der Waals surface area contributed by atoms with Crippen LogP contribution in [0.4, 0.5) is 0 Å². The van der Waals surface area contributed by atoms with E-state index in [0.29, 0.717) is 0 Å². The second-order valence-corrected chi connectivity index (χ2v) is 1.93. The van der Waals surface area contributed by atoms with Crippen molar-refractivity contribution in [2.45, 2.75) is 0 Å². The highest BCUT2D eigenvalue weighted by molar-refractivity contribution is 7.77. The molecule has 5 nitrogen and oxygen atoms in total. The molecule has 54 valence electrons. The van der Waals surface area contributed by atoms with Crippen LogP contribution in [0.25, 0.3) is 0 Å². The van der Waals surface area contributed by atoms with Gasteiger partial charge < -0.3 is 4.74 Å². The van der Waals surface area contributed by atoms with E-state index in [-0.39, 0.29) is 6.54 Å². The summed E-state index contributed by atoms with van der Waals surface area (Å²) in [5.74, 6) is -0.572. The molecule has 9 heavy (non-hydrogen) atoms. The number of esters is 1. The first-order valence-electron chi connectivity index (χ1n) is 2.08. The Balaban J connectivity index is 3.28. The molecule has 0 aliphatic rings. The number of hydrogen-bond acceptors (Lipinski definition) is 3. The molecule has 0 aliphatic carbocycles. The third kappa shape index (κ3) is 5.41. The molecule has 0 fully saturated rings. The lowest BCUT2D eigenvalue weighted by atomic mass is 10.7. The quantitative estimate of drug-likeness (QED) is 0.398. The van der Waals surface area contributed by atoms with Crippen LogP contribution in [0.1, 0.15) is 0 Å². The predicted octanol–water partition coefficient (Wildman–Crippen LogP) is -1.11. The van der Waals surface area contributed by atoms with Crippen LogP contribution in [0, 0.1) is 0 Å². The molecule has 0 rings (SSSR count). The van der Waals surface area contributed by atoms with Gasteiger partial charge in [-0.1, -0.05) is 0 Å². The first kappa shape index (κ1) is 8.54. The first-order chi connectivity index (χ1) is 4.16. The molecule has 0 saturated carbocycles. The number of methoxy groups -OCH3 is 1. The second kappa shape index (κ2) is 4.42. The summed E-state index contributed by atoms with van der Waals surface area (Å²) in [4.78, 5) is 10.2. The van der Waals surface area contributed by atoms with E-state index in [1.807, 2.05) is 4.72 Å². The van der Waals surface area contributed by atoms with Gasteiger partial charge in [0.05, 0.1) is 7.11 Å². The lowest BCUT2D eigenvalue weighted by Gasteiger charge is -1.95. The predicted molar refractivity (Wildman–Crippen MR) is 30.8 cm³/mol. The number of rotatable bonds is 3. The van der Waals surface area contributed by atoms with Gasteiger partial charge in [-0.3, -0.25) is 9.35 Å². The van der Waals surface area contributed by atoms with Crippen molar-refractivity contribution in [3.05, 3.63) is 0 Å². The summed E-state index contributed by atoms with van der Waals surface area (Å²) in [5, 5.41) is 0. The fourth-order valence-corrected chi connectivity index (χ4v) is 0.434. The zero-order valence-electron chi connectivity index (χ0n) is 4.79. The maximum Gasteiger partial charge on any atom is 0.320 e. The first-order valence-corrected chi connectivity index (χ1v) is 3.18. The van der Waals surface area contributed by atoms with E-state index in [9.17, 15) is 9.00 Å². The highest BCUT2D eigenvalue weighted by Crippen LogP contribution is 1.69. The molecule has 0 spiro atoms. The molecule has 0 aromatic heterocycles. The Morgan fingerprint density at radius 3 is 2.78 bits per heavy atom. The van der Waals surface area contributed by atoms with E-state index in [1.165, 1.54) is 7.11 Å². The van der Waals surface area contributed by atoms with Crippen LogP contribution in [-0.2, 0) is 20.8 Å². The largest absolute Gasteiger partial charge is 0.468 e. The van der Waals surface area contributed by atoms with Crippen molar-refractivity contribution in [3.63, 3.8) is 0 Å². The lowest BCUT2D eigenvalue weighted by molar-refractivity contribution is -0.139. The van der Waals surface area contributed by atoms with Crippen LogP contribution in [0.5, 0.6) is 0 Å². The second-order valence-electron chi connectivity index (χ2n) is 1.15. The zero-order valence-corrected chi connectivity index (χ0v) is 5.60. The number of nitrogens with one attached hydrogen (secondary N) is 1. The lowest BCUT2D eigenvalue weighted by Crippen LogP contribution is -2.25. The van der Waals surface area contributed by atoms with Crippen LogP contribution >= 0.6 is 0 Å². The van der Waals surface area contributed by atoms with Crippen LogP contribution in [0.3, 0.4) is 0 Å². The third-order valence-electron chi connectivity index (χ3n) is 0.568. The molecule has 0 amide bonds. The number of carbonyl (C=O) groups excluding carboxylic acids is 1. The third-order valence-corrected chi connectivity index (χ3v) is 0.959. The molecule has 0 aromatic carbocycles.